The van der Waals surface area contributed by atoms with Gasteiger partial charge in [-0.05, 0) is 24.0 Å². The Hall–Kier alpha value is -3.68. The molecule has 2 bridgehead atoms. The molecule has 0 spiro atoms. The van der Waals surface area contributed by atoms with Gasteiger partial charge in [-0.3, -0.25) is 9.59 Å². The van der Waals surface area contributed by atoms with Crippen molar-refractivity contribution in [3.8, 4) is 0 Å². The third-order valence-corrected chi connectivity index (χ3v) is 5.43. The molecule has 3 heterocycles. The first-order chi connectivity index (χ1) is 14.5. The number of carbonyl (C=O) groups excluding carboxylic acids is 4. The van der Waals surface area contributed by atoms with E-state index in [4.69, 9.17) is 9.47 Å². The highest BCUT2D eigenvalue weighted by Crippen LogP contribution is 2.35. The van der Waals surface area contributed by atoms with Crippen LogP contribution < -0.4 is 10.6 Å². The number of hydrogen-bond acceptors (Lipinski definition) is 6. The summed E-state index contributed by atoms with van der Waals surface area (Å²) in [5, 5.41) is 4.82. The van der Waals surface area contributed by atoms with Gasteiger partial charge >= 0.3 is 11.9 Å². The number of amides is 2. The Morgan fingerprint density at radius 3 is 1.40 bits per heavy atom. The average Bonchev–Trinajstić information content (AvgIpc) is 2.78. The first-order valence-corrected chi connectivity index (χ1v) is 9.54. The lowest BCUT2D eigenvalue weighted by Gasteiger charge is -2.48. The zero-order chi connectivity index (χ0) is 21.2. The van der Waals surface area contributed by atoms with Gasteiger partial charge in [-0.25, -0.2) is 9.59 Å². The summed E-state index contributed by atoms with van der Waals surface area (Å²) < 4.78 is 10.5. The maximum absolute atomic E-state index is 12.7. The minimum Gasteiger partial charge on any atom is -0.459 e. The summed E-state index contributed by atoms with van der Waals surface area (Å²) in [5.41, 5.74) is -2.18. The van der Waals surface area contributed by atoms with E-state index >= 15 is 0 Å². The molecule has 5 rings (SSSR count). The molecular formula is C22H20N2O6. The van der Waals surface area contributed by atoms with E-state index in [1.54, 1.807) is 48.5 Å². The van der Waals surface area contributed by atoms with Crippen LogP contribution in [0.2, 0.25) is 0 Å². The topological polar surface area (TPSA) is 111 Å². The summed E-state index contributed by atoms with van der Waals surface area (Å²) in [4.78, 5) is 50.8. The number of rotatable bonds is 6. The molecular weight excluding hydrogens is 388 g/mol. The summed E-state index contributed by atoms with van der Waals surface area (Å²) >= 11 is 0. The predicted octanol–water partition coefficient (Wildman–Crippen LogP) is 0.991. The molecule has 3 saturated heterocycles. The van der Waals surface area contributed by atoms with Gasteiger partial charge in [0, 0.05) is 0 Å². The molecule has 0 radical (unpaired) electrons. The first-order valence-electron chi connectivity index (χ1n) is 9.54. The van der Waals surface area contributed by atoms with Gasteiger partial charge in [0.1, 0.15) is 13.2 Å². The molecule has 0 unspecified atom stereocenters. The Bertz CT molecular complexity index is 912. The number of piperazine rings is 1. The van der Waals surface area contributed by atoms with Crippen LogP contribution in [0.4, 0.5) is 0 Å². The van der Waals surface area contributed by atoms with E-state index in [-0.39, 0.29) is 26.1 Å². The Kier molecular flexibility index (Phi) is 4.99. The summed E-state index contributed by atoms with van der Waals surface area (Å²) in [6, 6.07) is 18.0. The third kappa shape index (κ3) is 3.30. The van der Waals surface area contributed by atoms with Gasteiger partial charge in [0.25, 0.3) is 11.8 Å². The van der Waals surface area contributed by atoms with Crippen LogP contribution in [-0.4, -0.2) is 34.8 Å². The molecule has 8 heteroatoms. The molecule has 3 aliphatic heterocycles. The first kappa shape index (κ1) is 19.6. The molecule has 0 aromatic heterocycles. The highest BCUT2D eigenvalue weighted by Gasteiger charge is 2.67. The van der Waals surface area contributed by atoms with E-state index in [2.05, 4.69) is 10.6 Å². The lowest BCUT2D eigenvalue weighted by Crippen LogP contribution is -2.83. The minimum atomic E-state index is -1.84. The molecule has 8 nitrogen and oxygen atoms in total. The molecule has 2 aromatic rings. The molecule has 0 saturated carbocycles. The summed E-state index contributed by atoms with van der Waals surface area (Å²) in [5.74, 6) is -3.27. The second kappa shape index (κ2) is 7.62. The molecule has 3 fully saturated rings. The van der Waals surface area contributed by atoms with Crippen LogP contribution in [0.1, 0.15) is 24.0 Å². The van der Waals surface area contributed by atoms with Crippen molar-refractivity contribution in [1.82, 2.24) is 10.6 Å². The SMILES string of the molecule is O=C1N[C@]2(C(=O)OCc3ccccc3)CC[C@@]1(C(=O)OCc1ccccc1)NC2=O. The second-order valence-corrected chi connectivity index (χ2v) is 7.34. The number of benzene rings is 2. The lowest BCUT2D eigenvalue weighted by atomic mass is 9.73. The molecule has 30 heavy (non-hydrogen) atoms. The van der Waals surface area contributed by atoms with Crippen molar-refractivity contribution in [1.29, 1.82) is 0 Å². The largest absolute Gasteiger partial charge is 0.459 e. The fourth-order valence-electron chi connectivity index (χ4n) is 3.63. The standard InChI is InChI=1S/C22H20N2O6/c25-17-21(19(27)29-13-15-7-3-1-4-8-15)11-12-22(24-17,18(26)23-21)20(28)30-14-16-9-5-2-6-10-16/h1-10H,11-14H2,(H,23,26)(H,24,25)/t21-,22-/m1/s1. The lowest BCUT2D eigenvalue weighted by molar-refractivity contribution is -0.178. The maximum Gasteiger partial charge on any atom is 0.342 e. The van der Waals surface area contributed by atoms with E-state index in [1.807, 2.05) is 12.1 Å². The Morgan fingerprint density at radius 1 is 0.700 bits per heavy atom. The van der Waals surface area contributed by atoms with Crippen LogP contribution >= 0.6 is 0 Å². The number of piperidine rings is 2. The Morgan fingerprint density at radius 2 is 1.07 bits per heavy atom. The van der Waals surface area contributed by atoms with Gasteiger partial charge in [0.05, 0.1) is 0 Å². The summed E-state index contributed by atoms with van der Waals surface area (Å²) in [7, 11) is 0. The third-order valence-electron chi connectivity index (χ3n) is 5.43. The van der Waals surface area contributed by atoms with Gasteiger partial charge in [-0.15, -0.1) is 0 Å². The van der Waals surface area contributed by atoms with Crippen molar-refractivity contribution in [3.63, 3.8) is 0 Å². The highest BCUT2D eigenvalue weighted by atomic mass is 16.5. The fourth-order valence-corrected chi connectivity index (χ4v) is 3.63. The van der Waals surface area contributed by atoms with Gasteiger partial charge in [0.15, 0.2) is 0 Å². The number of nitrogens with one attached hydrogen (secondary N) is 2. The maximum atomic E-state index is 12.7. The van der Waals surface area contributed by atoms with Crippen LogP contribution in [0.25, 0.3) is 0 Å². The van der Waals surface area contributed by atoms with Crippen LogP contribution in [0.15, 0.2) is 60.7 Å². The van der Waals surface area contributed by atoms with E-state index in [0.29, 0.717) is 0 Å². The van der Waals surface area contributed by atoms with Gasteiger partial charge < -0.3 is 20.1 Å². The van der Waals surface area contributed by atoms with Crippen LogP contribution in [0, 0.1) is 0 Å². The van der Waals surface area contributed by atoms with Crippen molar-refractivity contribution in [2.24, 2.45) is 0 Å². The van der Waals surface area contributed by atoms with Crippen LogP contribution in [0.3, 0.4) is 0 Å². The van der Waals surface area contributed by atoms with Crippen molar-refractivity contribution in [2.45, 2.75) is 37.1 Å². The second-order valence-electron chi connectivity index (χ2n) is 7.34. The smallest absolute Gasteiger partial charge is 0.342 e. The highest BCUT2D eigenvalue weighted by molar-refractivity contribution is 6.22. The Labute approximate surface area is 172 Å². The monoisotopic (exact) mass is 408 g/mol. The van der Waals surface area contributed by atoms with E-state index in [9.17, 15) is 19.2 Å². The fraction of sp³-hybridized carbons (Fsp3) is 0.273. The molecule has 0 aliphatic carbocycles. The van der Waals surface area contributed by atoms with Gasteiger partial charge in [0.2, 0.25) is 11.1 Å². The average molecular weight is 408 g/mol. The summed E-state index contributed by atoms with van der Waals surface area (Å²) in [6.45, 7) is -0.0658. The Balaban J connectivity index is 1.44. The molecule has 2 atom stereocenters. The zero-order valence-electron chi connectivity index (χ0n) is 16.1. The normalized spacial score (nSPS) is 24.5. The van der Waals surface area contributed by atoms with Crippen LogP contribution in [-0.2, 0) is 41.9 Å². The van der Waals surface area contributed by atoms with Crippen molar-refractivity contribution in [2.75, 3.05) is 0 Å². The molecule has 2 amide bonds. The number of carbonyl (C=O) groups is 4. The number of esters is 2. The molecule has 154 valence electrons. The van der Waals surface area contributed by atoms with Crippen molar-refractivity contribution in [3.05, 3.63) is 71.8 Å². The zero-order valence-corrected chi connectivity index (χ0v) is 16.1. The van der Waals surface area contributed by atoms with Crippen molar-refractivity contribution < 1.29 is 28.7 Å². The van der Waals surface area contributed by atoms with Crippen molar-refractivity contribution >= 4 is 23.8 Å². The quantitative estimate of drug-likeness (QED) is 0.545. The van der Waals surface area contributed by atoms with E-state index in [1.165, 1.54) is 0 Å². The van der Waals surface area contributed by atoms with E-state index < -0.39 is 34.8 Å². The molecule has 3 aliphatic rings. The number of hydrogen-bond donors (Lipinski definition) is 2. The molecule has 2 aromatic carbocycles. The molecule has 2 N–H and O–H groups in total. The number of fused-ring (bicyclic) bond motifs is 3. The summed E-state index contributed by atoms with van der Waals surface area (Å²) in [6.07, 6.45) is -0.114. The van der Waals surface area contributed by atoms with Gasteiger partial charge in [-0.2, -0.15) is 0 Å². The number of ether oxygens (including phenoxy) is 2. The van der Waals surface area contributed by atoms with Gasteiger partial charge in [-0.1, -0.05) is 60.7 Å². The van der Waals surface area contributed by atoms with E-state index in [0.717, 1.165) is 11.1 Å². The van der Waals surface area contributed by atoms with Crippen LogP contribution in [0.5, 0.6) is 0 Å². The predicted molar refractivity (Wildman–Crippen MR) is 103 cm³/mol. The minimum absolute atomic E-state index is 0.0329.